The highest BCUT2D eigenvalue weighted by Gasteiger charge is 2.44. The largest absolute Gasteiger partial charge is 0.497 e. The fourth-order valence-corrected chi connectivity index (χ4v) is 4.11. The molecule has 1 heterocycles. The lowest BCUT2D eigenvalue weighted by Crippen LogP contribution is -2.33. The molecule has 3 amide bonds. The molecule has 2 unspecified atom stereocenters. The van der Waals surface area contributed by atoms with E-state index in [4.69, 9.17) is 14.2 Å². The van der Waals surface area contributed by atoms with Gasteiger partial charge in [-0.25, -0.2) is 4.79 Å². The van der Waals surface area contributed by atoms with E-state index in [1.165, 1.54) is 7.11 Å². The number of rotatable bonds is 11. The van der Waals surface area contributed by atoms with Gasteiger partial charge in [0.25, 0.3) is 0 Å². The third-order valence-electron chi connectivity index (χ3n) is 5.88. The van der Waals surface area contributed by atoms with E-state index in [2.05, 4.69) is 17.6 Å². The summed E-state index contributed by atoms with van der Waals surface area (Å²) in [5, 5.41) is 5.54. The number of likely N-dealkylation sites (tertiary alicyclic amines) is 1. The first-order valence-corrected chi connectivity index (χ1v) is 11.7. The zero-order valence-electron chi connectivity index (χ0n) is 20.4. The molecule has 2 aromatic carbocycles. The molecule has 3 rings (SSSR count). The fraction of sp³-hybridized carbons (Fsp3) is 0.423. The Morgan fingerprint density at radius 3 is 2.40 bits per heavy atom. The van der Waals surface area contributed by atoms with Gasteiger partial charge in [0.15, 0.2) is 0 Å². The van der Waals surface area contributed by atoms with Gasteiger partial charge in [0.2, 0.25) is 11.8 Å². The first-order valence-electron chi connectivity index (χ1n) is 11.7. The van der Waals surface area contributed by atoms with E-state index in [0.717, 1.165) is 18.4 Å². The minimum Gasteiger partial charge on any atom is -0.497 e. The van der Waals surface area contributed by atoms with Crippen molar-refractivity contribution >= 4 is 29.3 Å². The number of hydrogen-bond acceptors (Lipinski definition) is 6. The van der Waals surface area contributed by atoms with Gasteiger partial charge >= 0.3 is 6.09 Å². The third-order valence-corrected chi connectivity index (χ3v) is 5.88. The Morgan fingerprint density at radius 1 is 1.03 bits per heavy atom. The van der Waals surface area contributed by atoms with Crippen molar-refractivity contribution in [3.05, 3.63) is 54.1 Å². The smallest absolute Gasteiger partial charge is 0.411 e. The van der Waals surface area contributed by atoms with Gasteiger partial charge in [0.05, 0.1) is 25.7 Å². The van der Waals surface area contributed by atoms with Gasteiger partial charge in [-0.1, -0.05) is 31.5 Å². The topological polar surface area (TPSA) is 106 Å². The number of benzene rings is 2. The van der Waals surface area contributed by atoms with Gasteiger partial charge in [-0.15, -0.1) is 0 Å². The summed E-state index contributed by atoms with van der Waals surface area (Å²) in [5.74, 6) is -0.126. The van der Waals surface area contributed by atoms with E-state index in [9.17, 15) is 14.4 Å². The number of carbonyl (C=O) groups is 3. The molecule has 188 valence electrons. The van der Waals surface area contributed by atoms with Crippen LogP contribution in [0.1, 0.15) is 37.8 Å². The fourth-order valence-electron chi connectivity index (χ4n) is 4.11. The zero-order chi connectivity index (χ0) is 25.2. The maximum Gasteiger partial charge on any atom is 0.411 e. The summed E-state index contributed by atoms with van der Waals surface area (Å²) in [4.78, 5) is 40.0. The summed E-state index contributed by atoms with van der Waals surface area (Å²) in [7, 11) is 3.12. The summed E-state index contributed by atoms with van der Waals surface area (Å²) in [6.07, 6.45) is 1.33. The Hall–Kier alpha value is -3.59. The number of nitrogens with zero attached hydrogens (tertiary/aromatic N) is 1. The lowest BCUT2D eigenvalue weighted by molar-refractivity contribution is -0.129. The van der Waals surface area contributed by atoms with Crippen molar-refractivity contribution in [2.75, 3.05) is 44.6 Å². The monoisotopic (exact) mass is 483 g/mol. The quantitative estimate of drug-likeness (QED) is 0.464. The predicted octanol–water partition coefficient (Wildman–Crippen LogP) is 4.22. The highest BCUT2D eigenvalue weighted by Crippen LogP contribution is 2.39. The molecule has 2 N–H and O–H groups in total. The summed E-state index contributed by atoms with van der Waals surface area (Å²) in [6, 6.07) is 13.9. The molecule has 35 heavy (non-hydrogen) atoms. The van der Waals surface area contributed by atoms with E-state index in [0.29, 0.717) is 30.3 Å². The average molecular weight is 484 g/mol. The summed E-state index contributed by atoms with van der Waals surface area (Å²) in [5.41, 5.74) is 1.88. The molecule has 0 saturated carbocycles. The van der Waals surface area contributed by atoms with Crippen molar-refractivity contribution < 1.29 is 28.6 Å². The normalized spacial score (nSPS) is 17.2. The molecule has 0 aliphatic carbocycles. The van der Waals surface area contributed by atoms with E-state index in [1.54, 1.807) is 31.4 Å². The molecule has 0 spiro atoms. The molecule has 0 aromatic heterocycles. The van der Waals surface area contributed by atoms with Gasteiger partial charge in [-0.05, 0) is 42.3 Å². The molecule has 2 atom stereocenters. The second-order valence-electron chi connectivity index (χ2n) is 8.29. The van der Waals surface area contributed by atoms with Crippen molar-refractivity contribution in [2.45, 2.75) is 32.2 Å². The van der Waals surface area contributed by atoms with Gasteiger partial charge < -0.3 is 24.4 Å². The number of hydrogen-bond donors (Lipinski definition) is 2. The minimum absolute atomic E-state index is 0.0337. The van der Waals surface area contributed by atoms with Crippen LogP contribution in [-0.2, 0) is 19.1 Å². The maximum atomic E-state index is 13.4. The van der Waals surface area contributed by atoms with Crippen molar-refractivity contribution in [2.24, 2.45) is 5.92 Å². The number of nitrogens with one attached hydrogen (secondary N) is 2. The first kappa shape index (κ1) is 26.0. The molecule has 9 nitrogen and oxygen atoms in total. The second kappa shape index (κ2) is 12.8. The molecule has 1 aliphatic heterocycles. The van der Waals surface area contributed by atoms with Crippen molar-refractivity contribution in [3.8, 4) is 5.75 Å². The van der Waals surface area contributed by atoms with Crippen LogP contribution in [0, 0.1) is 5.92 Å². The SMILES string of the molecule is CCCCN1C(=O)CC(C(=O)Nc2cccc(NC(=O)OCCOC)c2)C1c1ccc(OC)cc1. The lowest BCUT2D eigenvalue weighted by Gasteiger charge is -2.28. The highest BCUT2D eigenvalue weighted by atomic mass is 16.6. The van der Waals surface area contributed by atoms with Crippen LogP contribution in [0.4, 0.5) is 16.2 Å². The van der Waals surface area contributed by atoms with Gasteiger partial charge in [-0.2, -0.15) is 0 Å². The van der Waals surface area contributed by atoms with Crippen molar-refractivity contribution in [3.63, 3.8) is 0 Å². The zero-order valence-corrected chi connectivity index (χ0v) is 20.4. The number of amides is 3. The van der Waals surface area contributed by atoms with Gasteiger partial charge in [0, 0.05) is 31.5 Å². The predicted molar refractivity (Wildman–Crippen MR) is 132 cm³/mol. The maximum absolute atomic E-state index is 13.4. The van der Waals surface area contributed by atoms with Crippen LogP contribution in [-0.4, -0.2) is 56.8 Å². The molecule has 0 radical (unpaired) electrons. The first-order chi connectivity index (χ1) is 17.0. The third kappa shape index (κ3) is 6.95. The number of unbranched alkanes of at least 4 members (excludes halogenated alkanes) is 1. The Bertz CT molecular complexity index is 1010. The number of methoxy groups -OCH3 is 2. The van der Waals surface area contributed by atoms with E-state index < -0.39 is 12.0 Å². The summed E-state index contributed by atoms with van der Waals surface area (Å²) in [6.45, 7) is 3.10. The molecular weight excluding hydrogens is 450 g/mol. The summed E-state index contributed by atoms with van der Waals surface area (Å²) >= 11 is 0. The molecule has 9 heteroatoms. The molecule has 2 aromatic rings. The highest BCUT2D eigenvalue weighted by molar-refractivity contribution is 5.98. The van der Waals surface area contributed by atoms with E-state index in [-0.39, 0.29) is 30.9 Å². The van der Waals surface area contributed by atoms with Crippen LogP contribution in [0.3, 0.4) is 0 Å². The molecule has 1 saturated heterocycles. The second-order valence-corrected chi connectivity index (χ2v) is 8.29. The Balaban J connectivity index is 1.75. The summed E-state index contributed by atoms with van der Waals surface area (Å²) < 4.78 is 15.1. The number of ether oxygens (including phenoxy) is 3. The molecule has 1 aliphatic rings. The van der Waals surface area contributed by atoms with Crippen LogP contribution in [0.15, 0.2) is 48.5 Å². The number of carbonyl (C=O) groups excluding carboxylic acids is 3. The van der Waals surface area contributed by atoms with Crippen LogP contribution in [0.2, 0.25) is 0 Å². The molecular formula is C26H33N3O6. The van der Waals surface area contributed by atoms with Crippen LogP contribution in [0.5, 0.6) is 5.75 Å². The minimum atomic E-state index is -0.613. The Morgan fingerprint density at radius 2 is 1.74 bits per heavy atom. The number of anilines is 2. The average Bonchev–Trinajstić information content (AvgIpc) is 3.19. The van der Waals surface area contributed by atoms with Crippen molar-refractivity contribution in [1.82, 2.24) is 4.90 Å². The lowest BCUT2D eigenvalue weighted by atomic mass is 9.92. The van der Waals surface area contributed by atoms with Gasteiger partial charge in [-0.3, -0.25) is 14.9 Å². The van der Waals surface area contributed by atoms with Crippen molar-refractivity contribution in [1.29, 1.82) is 0 Å². The standard InChI is InChI=1S/C26H33N3O6/c1-4-5-13-29-23(30)17-22(24(29)18-9-11-21(34-3)12-10-18)25(31)27-19-7-6-8-20(16-19)28-26(32)35-15-14-33-2/h6-12,16,22,24H,4-5,13-15,17H2,1-3H3,(H,27,31)(H,28,32). The Kier molecular flexibility index (Phi) is 9.48. The molecule has 1 fully saturated rings. The van der Waals surface area contributed by atoms with Crippen LogP contribution < -0.4 is 15.4 Å². The Labute approximate surface area is 205 Å². The molecule has 0 bridgehead atoms. The van der Waals surface area contributed by atoms with E-state index in [1.807, 2.05) is 29.2 Å². The van der Waals surface area contributed by atoms with Crippen LogP contribution in [0.25, 0.3) is 0 Å². The van der Waals surface area contributed by atoms with Gasteiger partial charge in [0.1, 0.15) is 12.4 Å². The van der Waals surface area contributed by atoms with Crippen LogP contribution >= 0.6 is 0 Å². The van der Waals surface area contributed by atoms with E-state index >= 15 is 0 Å².